The zero-order valence-corrected chi connectivity index (χ0v) is 18.4. The minimum absolute atomic E-state index is 0.0694. The quantitative estimate of drug-likeness (QED) is 0.594. The number of hydrogen-bond acceptors (Lipinski definition) is 4. The van der Waals surface area contributed by atoms with Gasteiger partial charge in [0.1, 0.15) is 6.54 Å². The number of rotatable bonds is 9. The molecule has 0 unspecified atom stereocenters. The largest absolute Gasteiger partial charge is 0.454 e. The van der Waals surface area contributed by atoms with Crippen molar-refractivity contribution in [1.29, 1.82) is 0 Å². The molecule has 4 fully saturated rings. The van der Waals surface area contributed by atoms with Gasteiger partial charge < -0.3 is 15.4 Å². The van der Waals surface area contributed by atoms with E-state index in [1.165, 1.54) is 38.5 Å². The fourth-order valence-electron chi connectivity index (χ4n) is 6.49. The summed E-state index contributed by atoms with van der Waals surface area (Å²) in [6.07, 6.45) is 8.05. The molecule has 2 N–H and O–H groups in total. The second-order valence-electron chi connectivity index (χ2n) is 10.1. The van der Waals surface area contributed by atoms with E-state index in [-0.39, 0.29) is 36.3 Å². The van der Waals surface area contributed by atoms with Crippen molar-refractivity contribution in [3.05, 3.63) is 35.9 Å². The maximum absolute atomic E-state index is 12.5. The van der Waals surface area contributed by atoms with E-state index in [2.05, 4.69) is 10.6 Å². The molecule has 2 amide bonds. The molecule has 4 bridgehead atoms. The lowest BCUT2D eigenvalue weighted by molar-refractivity contribution is -0.148. The number of benzene rings is 1. The fraction of sp³-hybridized carbons (Fsp3) is 0.640. The second kappa shape index (κ2) is 9.41. The molecule has 1 aromatic carbocycles. The lowest BCUT2D eigenvalue weighted by Crippen LogP contribution is -2.48. The molecule has 5 rings (SSSR count). The van der Waals surface area contributed by atoms with Crippen LogP contribution in [0.3, 0.4) is 0 Å². The molecule has 0 radical (unpaired) electrons. The van der Waals surface area contributed by atoms with Crippen molar-refractivity contribution in [2.45, 2.75) is 57.8 Å². The molecule has 6 heteroatoms. The molecule has 0 saturated heterocycles. The van der Waals surface area contributed by atoms with Gasteiger partial charge in [-0.3, -0.25) is 14.4 Å². The first-order chi connectivity index (χ1) is 14.9. The van der Waals surface area contributed by atoms with Gasteiger partial charge in [-0.05, 0) is 73.2 Å². The second-order valence-corrected chi connectivity index (χ2v) is 10.1. The summed E-state index contributed by atoms with van der Waals surface area (Å²) >= 11 is 0. The van der Waals surface area contributed by atoms with E-state index in [0.717, 1.165) is 23.3 Å². The highest BCUT2D eigenvalue weighted by molar-refractivity contribution is 5.84. The lowest BCUT2D eigenvalue weighted by atomic mass is 9.49. The van der Waals surface area contributed by atoms with Crippen molar-refractivity contribution >= 4 is 17.8 Å². The van der Waals surface area contributed by atoms with Gasteiger partial charge in [0.25, 0.3) is 5.91 Å². The Balaban J connectivity index is 1.12. The molecule has 31 heavy (non-hydrogen) atoms. The Morgan fingerprint density at radius 3 is 2.19 bits per heavy atom. The van der Waals surface area contributed by atoms with Gasteiger partial charge in [0.05, 0.1) is 0 Å². The average Bonchev–Trinajstić information content (AvgIpc) is 2.74. The monoisotopic (exact) mass is 426 g/mol. The van der Waals surface area contributed by atoms with Gasteiger partial charge in [0, 0.05) is 13.0 Å². The molecular weight excluding hydrogens is 392 g/mol. The number of hydrogen-bond donors (Lipinski definition) is 2. The fourth-order valence-corrected chi connectivity index (χ4v) is 6.49. The molecule has 4 aliphatic rings. The highest BCUT2D eigenvalue weighted by Crippen LogP contribution is 2.61. The van der Waals surface area contributed by atoms with Crippen LogP contribution in [0.15, 0.2) is 30.3 Å². The van der Waals surface area contributed by atoms with Gasteiger partial charge in [-0.2, -0.15) is 0 Å². The van der Waals surface area contributed by atoms with E-state index in [4.69, 9.17) is 4.74 Å². The third-order valence-corrected chi connectivity index (χ3v) is 7.47. The van der Waals surface area contributed by atoms with Gasteiger partial charge in [-0.25, -0.2) is 0 Å². The van der Waals surface area contributed by atoms with E-state index in [1.807, 2.05) is 37.3 Å². The Labute approximate surface area is 184 Å². The van der Waals surface area contributed by atoms with E-state index in [0.29, 0.717) is 13.0 Å². The number of carbonyl (C=O) groups is 3. The molecule has 6 nitrogen and oxygen atoms in total. The first-order valence-corrected chi connectivity index (χ1v) is 11.6. The molecule has 1 aromatic rings. The van der Waals surface area contributed by atoms with Crippen molar-refractivity contribution < 1.29 is 19.1 Å². The van der Waals surface area contributed by atoms with Crippen LogP contribution >= 0.6 is 0 Å². The zero-order valence-electron chi connectivity index (χ0n) is 18.4. The normalized spacial score (nSPS) is 29.3. The van der Waals surface area contributed by atoms with Crippen LogP contribution in [0.25, 0.3) is 0 Å². The minimum atomic E-state index is -0.579. The zero-order chi connectivity index (χ0) is 21.8. The third-order valence-electron chi connectivity index (χ3n) is 7.47. The van der Waals surface area contributed by atoms with Crippen LogP contribution < -0.4 is 10.6 Å². The van der Waals surface area contributed by atoms with Crippen LogP contribution in [0.4, 0.5) is 0 Å². The SMILES string of the molecule is C[C@H](CNC(=O)COC(=O)CNC(=O)CC12CC3CC(CC(C3)C1)C2)c1ccccc1. The van der Waals surface area contributed by atoms with E-state index in [9.17, 15) is 14.4 Å². The Bertz CT molecular complexity index is 772. The molecule has 0 spiro atoms. The maximum Gasteiger partial charge on any atom is 0.325 e. The maximum atomic E-state index is 12.5. The molecule has 0 heterocycles. The molecule has 0 aromatic heterocycles. The number of ether oxygens (including phenoxy) is 1. The van der Waals surface area contributed by atoms with Crippen molar-refractivity contribution in [2.24, 2.45) is 23.2 Å². The van der Waals surface area contributed by atoms with E-state index in [1.54, 1.807) is 0 Å². The van der Waals surface area contributed by atoms with Crippen LogP contribution in [0.5, 0.6) is 0 Å². The summed E-state index contributed by atoms with van der Waals surface area (Å²) in [7, 11) is 0. The summed E-state index contributed by atoms with van der Waals surface area (Å²) in [6.45, 7) is 1.99. The van der Waals surface area contributed by atoms with Gasteiger partial charge >= 0.3 is 5.97 Å². The Hall–Kier alpha value is -2.37. The highest BCUT2D eigenvalue weighted by atomic mass is 16.5. The van der Waals surface area contributed by atoms with Gasteiger partial charge in [-0.15, -0.1) is 0 Å². The number of esters is 1. The third kappa shape index (κ3) is 5.66. The smallest absolute Gasteiger partial charge is 0.325 e. The lowest BCUT2D eigenvalue weighted by Gasteiger charge is -2.56. The van der Waals surface area contributed by atoms with Crippen LogP contribution in [0.2, 0.25) is 0 Å². The van der Waals surface area contributed by atoms with Crippen LogP contribution in [0.1, 0.15) is 63.4 Å². The summed E-state index contributed by atoms with van der Waals surface area (Å²) in [5.41, 5.74) is 1.29. The Kier molecular flexibility index (Phi) is 6.63. The van der Waals surface area contributed by atoms with Gasteiger partial charge in [-0.1, -0.05) is 37.3 Å². The first kappa shape index (κ1) is 21.8. The summed E-state index contributed by atoms with van der Waals surface area (Å²) in [4.78, 5) is 36.4. The summed E-state index contributed by atoms with van der Waals surface area (Å²) < 4.78 is 5.02. The van der Waals surface area contributed by atoms with Crippen molar-refractivity contribution in [3.8, 4) is 0 Å². The summed E-state index contributed by atoms with van der Waals surface area (Å²) in [6, 6.07) is 9.92. The summed E-state index contributed by atoms with van der Waals surface area (Å²) in [5, 5.41) is 5.49. The molecule has 168 valence electrons. The van der Waals surface area contributed by atoms with Crippen molar-refractivity contribution in [1.82, 2.24) is 10.6 Å². The van der Waals surface area contributed by atoms with Crippen LogP contribution in [-0.2, 0) is 19.1 Å². The minimum Gasteiger partial charge on any atom is -0.454 e. The van der Waals surface area contributed by atoms with Crippen LogP contribution in [-0.4, -0.2) is 37.5 Å². The molecular formula is C25H34N2O4. The average molecular weight is 427 g/mol. The molecule has 4 saturated carbocycles. The Morgan fingerprint density at radius 1 is 0.968 bits per heavy atom. The van der Waals surface area contributed by atoms with E-state index < -0.39 is 5.97 Å². The predicted octanol–water partition coefficient (Wildman–Crippen LogP) is 3.17. The van der Waals surface area contributed by atoms with Crippen molar-refractivity contribution in [2.75, 3.05) is 19.7 Å². The highest BCUT2D eigenvalue weighted by Gasteiger charge is 2.51. The standard InChI is InChI=1S/C25H34N2O4/c1-17(21-5-3-2-4-6-21)14-26-23(29)16-31-24(30)15-27-22(28)13-25-10-18-7-19(11-25)9-20(8-18)12-25/h2-6,17-20H,7-16H2,1H3,(H,26,29)(H,27,28)/t17-,18?,19?,20?,25?/m1/s1. The first-order valence-electron chi connectivity index (χ1n) is 11.6. The number of carbonyl (C=O) groups excluding carboxylic acids is 3. The molecule has 1 atom stereocenters. The van der Waals surface area contributed by atoms with E-state index >= 15 is 0 Å². The number of amides is 2. The molecule has 0 aliphatic heterocycles. The predicted molar refractivity (Wildman–Crippen MR) is 117 cm³/mol. The van der Waals surface area contributed by atoms with Crippen molar-refractivity contribution in [3.63, 3.8) is 0 Å². The van der Waals surface area contributed by atoms with Gasteiger partial charge in [0.15, 0.2) is 6.61 Å². The Morgan fingerprint density at radius 2 is 1.58 bits per heavy atom. The van der Waals surface area contributed by atoms with Crippen LogP contribution in [0, 0.1) is 23.2 Å². The summed E-state index contributed by atoms with van der Waals surface area (Å²) in [5.74, 6) is 1.58. The van der Waals surface area contributed by atoms with Gasteiger partial charge in [0.2, 0.25) is 5.91 Å². The topological polar surface area (TPSA) is 84.5 Å². The number of nitrogens with one attached hydrogen (secondary N) is 2. The molecule has 4 aliphatic carbocycles.